The van der Waals surface area contributed by atoms with Gasteiger partial charge in [0.25, 0.3) is 11.6 Å². The number of amides is 2. The molecule has 1 fully saturated rings. The van der Waals surface area contributed by atoms with E-state index in [1.807, 2.05) is 36.1 Å². The van der Waals surface area contributed by atoms with Crippen molar-refractivity contribution in [2.24, 2.45) is 0 Å². The lowest BCUT2D eigenvalue weighted by molar-refractivity contribution is -0.384. The van der Waals surface area contributed by atoms with Crippen LogP contribution in [0.4, 0.5) is 21.9 Å². The molecule has 204 valence electrons. The summed E-state index contributed by atoms with van der Waals surface area (Å²) in [6.45, 7) is 11.1. The molecular weight excluding hydrogens is 486 g/mol. The molecule has 2 aliphatic rings. The van der Waals surface area contributed by atoms with Crippen molar-refractivity contribution in [1.82, 2.24) is 9.80 Å². The molecule has 0 saturated carbocycles. The molecule has 10 heteroatoms. The largest absolute Gasteiger partial charge is 0.444 e. The molecule has 0 atom stereocenters. The third kappa shape index (κ3) is 5.75. The lowest BCUT2D eigenvalue weighted by Crippen LogP contribution is -2.49. The fourth-order valence-electron chi connectivity index (χ4n) is 5.34. The van der Waals surface area contributed by atoms with Gasteiger partial charge in [0, 0.05) is 56.0 Å². The summed E-state index contributed by atoms with van der Waals surface area (Å²) >= 11 is 0. The SMILES string of the molecule is CCN(CC)CCN(CC)C(=O)c1ccc(N2CCC(N3C(=O)OCc4ccccc43)CC2)c([N+](=O)[O-])c1. The minimum Gasteiger partial charge on any atom is -0.444 e. The van der Waals surface area contributed by atoms with E-state index in [2.05, 4.69) is 18.7 Å². The van der Waals surface area contributed by atoms with E-state index < -0.39 is 4.92 Å². The van der Waals surface area contributed by atoms with Crippen molar-refractivity contribution in [1.29, 1.82) is 0 Å². The average molecular weight is 524 g/mol. The van der Waals surface area contributed by atoms with Gasteiger partial charge in [-0.2, -0.15) is 0 Å². The molecular formula is C28H37N5O5. The fraction of sp³-hybridized carbons (Fsp3) is 0.500. The summed E-state index contributed by atoms with van der Waals surface area (Å²) in [5.74, 6) is -0.199. The van der Waals surface area contributed by atoms with Crippen molar-refractivity contribution >= 4 is 29.1 Å². The van der Waals surface area contributed by atoms with Crippen LogP contribution in [0.1, 0.15) is 49.5 Å². The van der Waals surface area contributed by atoms with Crippen molar-refractivity contribution in [3.63, 3.8) is 0 Å². The Bertz CT molecular complexity index is 1160. The molecule has 0 spiro atoms. The van der Waals surface area contributed by atoms with Crippen LogP contribution in [0.5, 0.6) is 0 Å². The minimum atomic E-state index is -0.414. The highest BCUT2D eigenvalue weighted by atomic mass is 16.6. The van der Waals surface area contributed by atoms with E-state index in [0.717, 1.165) is 30.9 Å². The molecule has 2 aliphatic heterocycles. The van der Waals surface area contributed by atoms with Gasteiger partial charge in [-0.15, -0.1) is 0 Å². The fourth-order valence-corrected chi connectivity index (χ4v) is 5.34. The van der Waals surface area contributed by atoms with Crippen LogP contribution in [0.2, 0.25) is 0 Å². The van der Waals surface area contributed by atoms with Crippen LogP contribution >= 0.6 is 0 Å². The van der Waals surface area contributed by atoms with Crippen LogP contribution in [0.15, 0.2) is 42.5 Å². The predicted octanol–water partition coefficient (Wildman–Crippen LogP) is 4.52. The Labute approximate surface area is 223 Å². The molecule has 0 bridgehead atoms. The Kier molecular flexibility index (Phi) is 8.83. The molecule has 1 saturated heterocycles. The first-order valence-corrected chi connectivity index (χ1v) is 13.5. The molecule has 0 unspecified atom stereocenters. The monoisotopic (exact) mass is 523 g/mol. The zero-order chi connectivity index (χ0) is 27.2. The number of likely N-dealkylation sites (N-methyl/N-ethyl adjacent to an activating group) is 2. The Morgan fingerprint density at radius 1 is 1.03 bits per heavy atom. The van der Waals surface area contributed by atoms with E-state index in [1.54, 1.807) is 21.9 Å². The third-order valence-corrected chi connectivity index (χ3v) is 7.64. The number of hydrogen-bond acceptors (Lipinski definition) is 7. The molecule has 10 nitrogen and oxygen atoms in total. The van der Waals surface area contributed by atoms with E-state index in [9.17, 15) is 19.7 Å². The number of carbonyl (C=O) groups is 2. The Balaban J connectivity index is 1.47. The molecule has 2 amide bonds. The molecule has 2 heterocycles. The van der Waals surface area contributed by atoms with Crippen LogP contribution < -0.4 is 9.80 Å². The van der Waals surface area contributed by atoms with Crippen molar-refractivity contribution in [2.75, 3.05) is 55.6 Å². The maximum absolute atomic E-state index is 13.2. The van der Waals surface area contributed by atoms with Crippen molar-refractivity contribution in [3.8, 4) is 0 Å². The number of anilines is 2. The van der Waals surface area contributed by atoms with Crippen LogP contribution in [-0.2, 0) is 11.3 Å². The molecule has 0 N–H and O–H groups in total. The van der Waals surface area contributed by atoms with Gasteiger partial charge in [-0.05, 0) is 51.1 Å². The standard InChI is InChI=1S/C28H37N5O5/c1-4-29(5-2)17-18-30(6-3)27(34)21-11-12-25(26(19-21)33(36)37)31-15-13-23(14-16-31)32-24-10-8-7-9-22(24)20-38-28(32)35/h7-12,19,23H,4-6,13-18,20H2,1-3H3. The van der Waals surface area contributed by atoms with Gasteiger partial charge < -0.3 is 19.4 Å². The summed E-state index contributed by atoms with van der Waals surface area (Å²) in [7, 11) is 0. The zero-order valence-electron chi connectivity index (χ0n) is 22.5. The van der Waals surface area contributed by atoms with Crippen molar-refractivity contribution in [3.05, 3.63) is 63.7 Å². The Morgan fingerprint density at radius 3 is 2.39 bits per heavy atom. The second kappa shape index (κ2) is 12.3. The number of nitrogens with zero attached hydrogens (tertiary/aromatic N) is 5. The van der Waals surface area contributed by atoms with E-state index in [1.165, 1.54) is 6.07 Å². The quantitative estimate of drug-likeness (QED) is 0.333. The smallest absolute Gasteiger partial charge is 0.414 e. The normalized spacial score (nSPS) is 15.8. The predicted molar refractivity (Wildman–Crippen MR) is 147 cm³/mol. The number of carbonyl (C=O) groups excluding carboxylic acids is 2. The topological polar surface area (TPSA) is 99.5 Å². The number of nitro benzene ring substituents is 1. The van der Waals surface area contributed by atoms with Crippen LogP contribution in [0, 0.1) is 10.1 Å². The summed E-state index contributed by atoms with van der Waals surface area (Å²) < 4.78 is 5.38. The summed E-state index contributed by atoms with van der Waals surface area (Å²) in [6.07, 6.45) is 0.949. The molecule has 0 aromatic heterocycles. The molecule has 2 aromatic rings. The second-order valence-corrected chi connectivity index (χ2v) is 9.64. The van der Waals surface area contributed by atoms with Gasteiger partial charge in [0.2, 0.25) is 0 Å². The Morgan fingerprint density at radius 2 is 1.74 bits per heavy atom. The lowest BCUT2D eigenvalue weighted by atomic mass is 9.99. The first-order chi connectivity index (χ1) is 18.4. The maximum Gasteiger partial charge on any atom is 0.414 e. The second-order valence-electron chi connectivity index (χ2n) is 9.64. The van der Waals surface area contributed by atoms with Gasteiger partial charge in [-0.1, -0.05) is 32.0 Å². The minimum absolute atomic E-state index is 0.0518. The molecule has 2 aromatic carbocycles. The van der Waals surface area contributed by atoms with Gasteiger partial charge in [0.15, 0.2) is 0 Å². The van der Waals surface area contributed by atoms with Gasteiger partial charge in [-0.25, -0.2) is 4.79 Å². The molecule has 38 heavy (non-hydrogen) atoms. The number of nitro groups is 1. The van der Waals surface area contributed by atoms with Gasteiger partial charge in [0.1, 0.15) is 12.3 Å². The van der Waals surface area contributed by atoms with E-state index in [0.29, 0.717) is 50.3 Å². The summed E-state index contributed by atoms with van der Waals surface area (Å²) in [6, 6.07) is 12.5. The first kappa shape index (κ1) is 27.4. The number of para-hydroxylation sites is 1. The Hall–Kier alpha value is -3.66. The highest BCUT2D eigenvalue weighted by molar-refractivity contribution is 5.96. The zero-order valence-corrected chi connectivity index (χ0v) is 22.5. The van der Waals surface area contributed by atoms with Gasteiger partial charge in [0.05, 0.1) is 10.6 Å². The van der Waals surface area contributed by atoms with E-state index in [4.69, 9.17) is 4.74 Å². The van der Waals surface area contributed by atoms with Crippen LogP contribution in [-0.4, -0.2) is 78.6 Å². The molecule has 0 aliphatic carbocycles. The number of rotatable bonds is 10. The number of piperidine rings is 1. The average Bonchev–Trinajstić information content (AvgIpc) is 2.95. The number of cyclic esters (lactones) is 1. The third-order valence-electron chi connectivity index (χ3n) is 7.64. The lowest BCUT2D eigenvalue weighted by Gasteiger charge is -2.40. The number of hydrogen-bond donors (Lipinski definition) is 0. The molecule has 0 radical (unpaired) electrons. The van der Waals surface area contributed by atoms with Crippen LogP contribution in [0.25, 0.3) is 0 Å². The van der Waals surface area contributed by atoms with Crippen molar-refractivity contribution in [2.45, 2.75) is 46.3 Å². The van der Waals surface area contributed by atoms with Crippen LogP contribution in [0.3, 0.4) is 0 Å². The van der Waals surface area contributed by atoms with Crippen molar-refractivity contribution < 1.29 is 19.2 Å². The number of ether oxygens (including phenoxy) is 1. The number of fused-ring (bicyclic) bond motifs is 1. The van der Waals surface area contributed by atoms with E-state index in [-0.39, 0.29) is 30.3 Å². The maximum atomic E-state index is 13.2. The highest BCUT2D eigenvalue weighted by Gasteiger charge is 2.35. The number of benzene rings is 2. The summed E-state index contributed by atoms with van der Waals surface area (Å²) in [5.41, 5.74) is 2.60. The highest BCUT2D eigenvalue weighted by Crippen LogP contribution is 2.35. The summed E-state index contributed by atoms with van der Waals surface area (Å²) in [5, 5.41) is 12.0. The van der Waals surface area contributed by atoms with Gasteiger partial charge >= 0.3 is 6.09 Å². The summed E-state index contributed by atoms with van der Waals surface area (Å²) in [4.78, 5) is 45.1. The first-order valence-electron chi connectivity index (χ1n) is 13.5. The molecule has 4 rings (SSSR count). The van der Waals surface area contributed by atoms with Gasteiger partial charge in [-0.3, -0.25) is 19.8 Å². The van der Waals surface area contributed by atoms with E-state index >= 15 is 0 Å².